The minimum atomic E-state index is 0.350. The average Bonchev–Trinajstić information content (AvgIpc) is 2.68. The van der Waals surface area contributed by atoms with Crippen LogP contribution >= 0.6 is 0 Å². The van der Waals surface area contributed by atoms with E-state index in [0.717, 1.165) is 19.1 Å². The zero-order chi connectivity index (χ0) is 12.8. The minimum absolute atomic E-state index is 0.350. The van der Waals surface area contributed by atoms with Crippen molar-refractivity contribution in [3.05, 3.63) is 35.9 Å². The van der Waals surface area contributed by atoms with Crippen molar-refractivity contribution in [1.82, 2.24) is 5.06 Å². The molecule has 3 saturated heterocycles. The highest BCUT2D eigenvalue weighted by molar-refractivity contribution is 5.13. The third kappa shape index (κ3) is 2.00. The lowest BCUT2D eigenvalue weighted by Crippen LogP contribution is -2.56. The van der Waals surface area contributed by atoms with Crippen LogP contribution in [-0.4, -0.2) is 29.9 Å². The molecule has 102 valence electrons. The van der Waals surface area contributed by atoms with Gasteiger partial charge in [-0.05, 0) is 31.2 Å². The molecular formula is C16H21NO2. The molecule has 3 heteroatoms. The van der Waals surface area contributed by atoms with Gasteiger partial charge in [-0.1, -0.05) is 30.3 Å². The van der Waals surface area contributed by atoms with Crippen molar-refractivity contribution in [1.29, 1.82) is 0 Å². The lowest BCUT2D eigenvalue weighted by atomic mass is 9.71. The van der Waals surface area contributed by atoms with Crippen molar-refractivity contribution in [3.63, 3.8) is 0 Å². The largest absolute Gasteiger partial charge is 0.372 e. The molecule has 0 N–H and O–H groups in total. The van der Waals surface area contributed by atoms with E-state index < -0.39 is 0 Å². The minimum Gasteiger partial charge on any atom is -0.372 e. The predicted octanol–water partition coefficient (Wildman–Crippen LogP) is 2.62. The molecule has 3 aliphatic heterocycles. The quantitative estimate of drug-likeness (QED) is 0.833. The van der Waals surface area contributed by atoms with Crippen LogP contribution in [0.2, 0.25) is 0 Å². The Balaban J connectivity index is 1.45. The van der Waals surface area contributed by atoms with E-state index >= 15 is 0 Å². The monoisotopic (exact) mass is 259 g/mol. The van der Waals surface area contributed by atoms with Gasteiger partial charge in [0, 0.05) is 12.5 Å². The Labute approximate surface area is 114 Å². The summed E-state index contributed by atoms with van der Waals surface area (Å²) in [5.74, 6) is 1.44. The van der Waals surface area contributed by atoms with Gasteiger partial charge in [-0.3, -0.25) is 4.84 Å². The molecule has 1 aliphatic carbocycles. The topological polar surface area (TPSA) is 21.7 Å². The third-order valence-electron chi connectivity index (χ3n) is 4.97. The summed E-state index contributed by atoms with van der Waals surface area (Å²) in [6.45, 7) is 4.04. The zero-order valence-electron chi connectivity index (χ0n) is 11.4. The van der Waals surface area contributed by atoms with Gasteiger partial charge >= 0.3 is 0 Å². The Morgan fingerprint density at radius 3 is 2.89 bits per heavy atom. The fourth-order valence-electron chi connectivity index (χ4n) is 4.11. The van der Waals surface area contributed by atoms with E-state index in [-0.39, 0.29) is 0 Å². The molecule has 4 aliphatic rings. The SMILES string of the molecule is C[C@@H]1ON2C[C@H]3C[C@@H]1[C@@H]2[C@@H](OCc1ccccc1)C3. The van der Waals surface area contributed by atoms with Gasteiger partial charge in [0.2, 0.25) is 0 Å². The molecule has 3 nitrogen and oxygen atoms in total. The van der Waals surface area contributed by atoms with E-state index in [2.05, 4.69) is 36.3 Å². The number of hydrogen-bond donors (Lipinski definition) is 0. The molecule has 0 amide bonds. The maximum atomic E-state index is 6.21. The van der Waals surface area contributed by atoms with Crippen LogP contribution in [0, 0.1) is 11.8 Å². The summed E-state index contributed by atoms with van der Waals surface area (Å²) < 4.78 is 6.21. The maximum Gasteiger partial charge on any atom is 0.0810 e. The molecule has 1 saturated carbocycles. The fourth-order valence-corrected chi connectivity index (χ4v) is 4.11. The number of rotatable bonds is 3. The molecule has 6 atom stereocenters. The van der Waals surface area contributed by atoms with Gasteiger partial charge in [-0.15, -0.1) is 0 Å². The van der Waals surface area contributed by atoms with Crippen LogP contribution < -0.4 is 0 Å². The second kappa shape index (κ2) is 4.58. The smallest absolute Gasteiger partial charge is 0.0810 e. The van der Waals surface area contributed by atoms with E-state index in [1.54, 1.807) is 0 Å². The van der Waals surface area contributed by atoms with E-state index in [0.29, 0.717) is 24.2 Å². The highest BCUT2D eigenvalue weighted by Gasteiger charge is 2.54. The van der Waals surface area contributed by atoms with Gasteiger partial charge in [0.15, 0.2) is 0 Å². The first-order valence-corrected chi connectivity index (χ1v) is 7.40. The van der Waals surface area contributed by atoms with Gasteiger partial charge in [0.1, 0.15) is 0 Å². The zero-order valence-corrected chi connectivity index (χ0v) is 11.4. The lowest BCUT2D eigenvalue weighted by molar-refractivity contribution is -0.210. The number of nitrogens with zero attached hydrogens (tertiary/aromatic N) is 1. The number of benzene rings is 1. The van der Waals surface area contributed by atoms with Crippen molar-refractivity contribution in [2.24, 2.45) is 11.8 Å². The fraction of sp³-hybridized carbons (Fsp3) is 0.625. The molecule has 0 aromatic heterocycles. The van der Waals surface area contributed by atoms with Crippen LogP contribution in [0.3, 0.4) is 0 Å². The highest BCUT2D eigenvalue weighted by Crippen LogP contribution is 2.47. The summed E-state index contributed by atoms with van der Waals surface area (Å²) in [6.07, 6.45) is 3.26. The molecule has 1 aromatic carbocycles. The van der Waals surface area contributed by atoms with Crippen LogP contribution in [0.15, 0.2) is 30.3 Å². The molecule has 19 heavy (non-hydrogen) atoms. The number of fused-ring (bicyclic) bond motifs is 1. The molecule has 4 fully saturated rings. The van der Waals surface area contributed by atoms with Crippen LogP contribution in [0.4, 0.5) is 0 Å². The second-order valence-corrected chi connectivity index (χ2v) is 6.24. The summed E-state index contributed by atoms with van der Waals surface area (Å²) in [5.41, 5.74) is 1.26. The van der Waals surface area contributed by atoms with Gasteiger partial charge in [-0.25, -0.2) is 0 Å². The Morgan fingerprint density at radius 1 is 1.26 bits per heavy atom. The molecule has 0 radical (unpaired) electrons. The van der Waals surface area contributed by atoms with Gasteiger partial charge in [-0.2, -0.15) is 5.06 Å². The summed E-state index contributed by atoms with van der Waals surface area (Å²) in [4.78, 5) is 5.95. The molecule has 1 aromatic rings. The molecule has 1 unspecified atom stereocenters. The average molecular weight is 259 g/mol. The van der Waals surface area contributed by atoms with Gasteiger partial charge in [0.05, 0.1) is 24.9 Å². The van der Waals surface area contributed by atoms with Crippen molar-refractivity contribution < 1.29 is 9.57 Å². The van der Waals surface area contributed by atoms with E-state index in [1.165, 1.54) is 18.4 Å². The van der Waals surface area contributed by atoms with E-state index in [9.17, 15) is 0 Å². The number of hydroxylamine groups is 2. The van der Waals surface area contributed by atoms with Crippen LogP contribution in [-0.2, 0) is 16.2 Å². The lowest BCUT2D eigenvalue weighted by Gasteiger charge is -2.46. The van der Waals surface area contributed by atoms with Crippen LogP contribution in [0.25, 0.3) is 0 Å². The summed E-state index contributed by atoms with van der Waals surface area (Å²) in [7, 11) is 0. The van der Waals surface area contributed by atoms with Crippen molar-refractivity contribution in [2.75, 3.05) is 6.54 Å². The Bertz CT molecular complexity index is 447. The molecule has 4 bridgehead atoms. The number of ether oxygens (including phenoxy) is 1. The maximum absolute atomic E-state index is 6.21. The first-order chi connectivity index (χ1) is 9.31. The summed E-state index contributed by atoms with van der Waals surface area (Å²) in [5, 5.41) is 2.21. The Kier molecular flexibility index (Phi) is 2.87. The van der Waals surface area contributed by atoms with Crippen molar-refractivity contribution >= 4 is 0 Å². The molecular weight excluding hydrogens is 238 g/mol. The molecule has 5 rings (SSSR count). The van der Waals surface area contributed by atoms with Crippen LogP contribution in [0.5, 0.6) is 0 Å². The Morgan fingerprint density at radius 2 is 2.11 bits per heavy atom. The number of hydrogen-bond acceptors (Lipinski definition) is 3. The van der Waals surface area contributed by atoms with E-state index in [1.807, 2.05) is 6.07 Å². The van der Waals surface area contributed by atoms with Crippen LogP contribution in [0.1, 0.15) is 25.3 Å². The van der Waals surface area contributed by atoms with E-state index in [4.69, 9.17) is 9.57 Å². The molecule has 0 spiro atoms. The number of piperidine rings is 2. The predicted molar refractivity (Wildman–Crippen MR) is 72.3 cm³/mol. The standard InChI is InChI=1S/C16H21NO2/c1-11-14-7-13-8-15(16(14)17(9-13)19-11)18-10-12-5-3-2-4-6-12/h2-6,11,13-16H,7-10H2,1H3/t11-,13-,14-,15-,16+/m0/s1. The van der Waals surface area contributed by atoms with Crippen molar-refractivity contribution in [2.45, 2.75) is 44.6 Å². The third-order valence-corrected chi connectivity index (χ3v) is 4.97. The first kappa shape index (κ1) is 11.9. The van der Waals surface area contributed by atoms with Gasteiger partial charge in [0.25, 0.3) is 0 Å². The van der Waals surface area contributed by atoms with Gasteiger partial charge < -0.3 is 4.74 Å². The Hall–Kier alpha value is -0.900. The normalized spacial score (nSPS) is 43.6. The first-order valence-electron chi connectivity index (χ1n) is 7.40. The summed E-state index contributed by atoms with van der Waals surface area (Å²) in [6, 6.07) is 11.0. The highest BCUT2D eigenvalue weighted by atomic mass is 16.7. The molecule has 3 heterocycles. The summed E-state index contributed by atoms with van der Waals surface area (Å²) >= 11 is 0. The van der Waals surface area contributed by atoms with Crippen molar-refractivity contribution in [3.8, 4) is 0 Å². The second-order valence-electron chi connectivity index (χ2n) is 6.24.